The fourth-order valence-corrected chi connectivity index (χ4v) is 3.04. The number of ether oxygens (including phenoxy) is 1. The maximum atomic E-state index is 8.91. The number of nitrogens with zero attached hydrogens (tertiary/aromatic N) is 3. The van der Waals surface area contributed by atoms with Gasteiger partial charge in [-0.05, 0) is 30.2 Å². The predicted octanol–water partition coefficient (Wildman–Crippen LogP) is 3.56. The molecule has 0 aliphatic carbocycles. The monoisotopic (exact) mass is 393 g/mol. The van der Waals surface area contributed by atoms with Crippen molar-refractivity contribution in [2.24, 2.45) is 0 Å². The normalized spacial score (nSPS) is 11.7. The van der Waals surface area contributed by atoms with Crippen molar-refractivity contribution in [2.75, 3.05) is 37.4 Å². The Hall–Kier alpha value is -3.19. The van der Waals surface area contributed by atoms with Crippen LogP contribution in [-0.4, -0.2) is 46.9 Å². The summed E-state index contributed by atoms with van der Waals surface area (Å²) < 4.78 is 5.46. The van der Waals surface area contributed by atoms with E-state index in [4.69, 9.17) is 9.84 Å². The minimum absolute atomic E-state index is 0.154. The van der Waals surface area contributed by atoms with Crippen LogP contribution in [0, 0.1) is 0 Å². The lowest BCUT2D eigenvalue weighted by Crippen LogP contribution is -2.12. The number of anilines is 2. The Morgan fingerprint density at radius 2 is 1.86 bits per heavy atom. The van der Waals surface area contributed by atoms with Crippen LogP contribution in [0.2, 0.25) is 0 Å². The summed E-state index contributed by atoms with van der Waals surface area (Å²) in [5, 5.41) is 15.5. The van der Waals surface area contributed by atoms with Crippen LogP contribution < -0.4 is 15.4 Å². The number of nitrogens with one attached hydrogen (secondary N) is 2. The zero-order valence-corrected chi connectivity index (χ0v) is 16.8. The molecule has 152 valence electrons. The lowest BCUT2D eigenvalue weighted by molar-refractivity contribution is 0.292. The van der Waals surface area contributed by atoms with Gasteiger partial charge >= 0.3 is 0 Å². The molecule has 3 rings (SSSR count). The van der Waals surface area contributed by atoms with E-state index >= 15 is 0 Å². The van der Waals surface area contributed by atoms with Gasteiger partial charge in [0, 0.05) is 43.4 Å². The smallest absolute Gasteiger partial charge is 0.129 e. The number of hydrogen-bond donors (Lipinski definition) is 3. The molecule has 1 atom stereocenters. The number of hydrogen-bond acceptors (Lipinski definition) is 7. The number of para-hydroxylation sites is 1. The van der Waals surface area contributed by atoms with Crippen LogP contribution in [0.5, 0.6) is 5.75 Å². The second-order valence-electron chi connectivity index (χ2n) is 6.75. The molecule has 0 aliphatic heterocycles. The van der Waals surface area contributed by atoms with Gasteiger partial charge in [-0.1, -0.05) is 25.1 Å². The fraction of sp³-hybridized carbons (Fsp3) is 0.318. The van der Waals surface area contributed by atoms with E-state index < -0.39 is 0 Å². The molecule has 7 heteroatoms. The summed E-state index contributed by atoms with van der Waals surface area (Å²) in [4.78, 5) is 13.0. The van der Waals surface area contributed by atoms with E-state index in [0.717, 1.165) is 40.8 Å². The molecule has 0 spiro atoms. The van der Waals surface area contributed by atoms with Crippen LogP contribution in [0.3, 0.4) is 0 Å². The van der Waals surface area contributed by atoms with E-state index in [1.165, 1.54) is 0 Å². The van der Waals surface area contributed by atoms with Gasteiger partial charge in [0.2, 0.25) is 0 Å². The minimum Gasteiger partial charge on any atom is -0.496 e. The molecule has 29 heavy (non-hydrogen) atoms. The Balaban J connectivity index is 1.67. The summed E-state index contributed by atoms with van der Waals surface area (Å²) in [6.07, 6.45) is 3.98. The highest BCUT2D eigenvalue weighted by Crippen LogP contribution is 2.27. The molecule has 0 radical (unpaired) electrons. The molecule has 7 nitrogen and oxygen atoms in total. The van der Waals surface area contributed by atoms with Crippen molar-refractivity contribution in [3.8, 4) is 17.0 Å². The van der Waals surface area contributed by atoms with Gasteiger partial charge in [0.25, 0.3) is 0 Å². The Morgan fingerprint density at radius 3 is 2.69 bits per heavy atom. The van der Waals surface area contributed by atoms with E-state index in [0.29, 0.717) is 13.0 Å². The summed E-state index contributed by atoms with van der Waals surface area (Å²) in [6, 6.07) is 13.8. The average Bonchev–Trinajstić information content (AvgIpc) is 2.78. The van der Waals surface area contributed by atoms with E-state index in [1.807, 2.05) is 36.4 Å². The molecule has 0 bridgehead atoms. The first-order chi connectivity index (χ1) is 14.2. The number of aliphatic hydroxyl groups excluding tert-OH is 1. The van der Waals surface area contributed by atoms with Crippen molar-refractivity contribution in [3.63, 3.8) is 0 Å². The molecule has 0 saturated heterocycles. The van der Waals surface area contributed by atoms with Crippen molar-refractivity contribution in [3.05, 3.63) is 60.6 Å². The van der Waals surface area contributed by atoms with Gasteiger partial charge in [-0.25, -0.2) is 15.0 Å². The summed E-state index contributed by atoms with van der Waals surface area (Å²) >= 11 is 0. The standard InChI is InChI=1S/C22H27N5O2/c1-16(18-6-3-4-7-20(18)29-2)14-25-22-13-19(26-15-27-22)17-8-10-24-21(12-17)23-9-5-11-28/h3-4,6-8,10,12-13,15-16,28H,5,9,11,14H2,1-2H3,(H,23,24)(H,25,26,27)/t16-/m1/s1. The van der Waals surface area contributed by atoms with Crippen molar-refractivity contribution in [1.29, 1.82) is 0 Å². The zero-order valence-electron chi connectivity index (χ0n) is 16.8. The molecule has 0 unspecified atom stereocenters. The van der Waals surface area contributed by atoms with Gasteiger partial charge in [-0.2, -0.15) is 0 Å². The Kier molecular flexibility index (Phi) is 7.35. The lowest BCUT2D eigenvalue weighted by atomic mass is 10.00. The van der Waals surface area contributed by atoms with Crippen LogP contribution in [0.15, 0.2) is 55.0 Å². The van der Waals surface area contributed by atoms with E-state index in [2.05, 4.69) is 38.6 Å². The fourth-order valence-electron chi connectivity index (χ4n) is 3.04. The van der Waals surface area contributed by atoms with E-state index in [-0.39, 0.29) is 12.5 Å². The molecule has 2 heterocycles. The minimum atomic E-state index is 0.154. The van der Waals surface area contributed by atoms with E-state index in [9.17, 15) is 0 Å². The first kappa shape index (κ1) is 20.5. The SMILES string of the molecule is COc1ccccc1[C@H](C)CNc1cc(-c2ccnc(NCCCO)c2)ncn1. The van der Waals surface area contributed by atoms with Crippen LogP contribution in [0.25, 0.3) is 11.3 Å². The Morgan fingerprint density at radius 1 is 1.03 bits per heavy atom. The second-order valence-corrected chi connectivity index (χ2v) is 6.75. The van der Waals surface area contributed by atoms with Crippen LogP contribution in [0.4, 0.5) is 11.6 Å². The first-order valence-corrected chi connectivity index (χ1v) is 9.71. The highest BCUT2D eigenvalue weighted by molar-refractivity contribution is 5.65. The van der Waals surface area contributed by atoms with E-state index in [1.54, 1.807) is 19.6 Å². The maximum Gasteiger partial charge on any atom is 0.129 e. The molecule has 0 fully saturated rings. The second kappa shape index (κ2) is 10.4. The summed E-state index contributed by atoms with van der Waals surface area (Å²) in [7, 11) is 1.69. The van der Waals surface area contributed by atoms with Gasteiger partial charge in [-0.3, -0.25) is 0 Å². The third-order valence-corrected chi connectivity index (χ3v) is 4.62. The number of benzene rings is 1. The highest BCUT2D eigenvalue weighted by atomic mass is 16.5. The van der Waals surface area contributed by atoms with Crippen LogP contribution >= 0.6 is 0 Å². The number of pyridine rings is 1. The van der Waals surface area contributed by atoms with Gasteiger partial charge in [-0.15, -0.1) is 0 Å². The van der Waals surface area contributed by atoms with Crippen LogP contribution in [0.1, 0.15) is 24.8 Å². The molecule has 1 aromatic carbocycles. The predicted molar refractivity (Wildman–Crippen MR) is 115 cm³/mol. The van der Waals surface area contributed by atoms with Crippen molar-refractivity contribution in [2.45, 2.75) is 19.3 Å². The Bertz CT molecular complexity index is 919. The molecule has 2 aromatic heterocycles. The largest absolute Gasteiger partial charge is 0.496 e. The molecule has 0 amide bonds. The van der Waals surface area contributed by atoms with Crippen molar-refractivity contribution < 1.29 is 9.84 Å². The molecule has 0 aliphatic rings. The topological polar surface area (TPSA) is 92.2 Å². The van der Waals surface area contributed by atoms with Gasteiger partial charge in [0.1, 0.15) is 23.7 Å². The molecular weight excluding hydrogens is 366 g/mol. The average molecular weight is 393 g/mol. The summed E-state index contributed by atoms with van der Waals surface area (Å²) in [5.41, 5.74) is 2.93. The van der Waals surface area contributed by atoms with Gasteiger partial charge in [0.15, 0.2) is 0 Å². The number of rotatable bonds is 10. The molecular formula is C22H27N5O2. The molecule has 3 aromatic rings. The van der Waals surface area contributed by atoms with Gasteiger partial charge in [0.05, 0.1) is 12.8 Å². The quantitative estimate of drug-likeness (QED) is 0.454. The number of aromatic nitrogens is 3. The molecule has 0 saturated carbocycles. The zero-order chi connectivity index (χ0) is 20.5. The summed E-state index contributed by atoms with van der Waals surface area (Å²) in [6.45, 7) is 3.70. The van der Waals surface area contributed by atoms with Crippen molar-refractivity contribution >= 4 is 11.6 Å². The third-order valence-electron chi connectivity index (χ3n) is 4.62. The number of aliphatic hydroxyl groups is 1. The third kappa shape index (κ3) is 5.65. The maximum absolute atomic E-state index is 8.91. The number of methoxy groups -OCH3 is 1. The Labute approximate surface area is 171 Å². The first-order valence-electron chi connectivity index (χ1n) is 9.71. The highest BCUT2D eigenvalue weighted by Gasteiger charge is 2.11. The van der Waals surface area contributed by atoms with Crippen LogP contribution in [-0.2, 0) is 0 Å². The molecule has 3 N–H and O–H groups in total. The lowest BCUT2D eigenvalue weighted by Gasteiger charge is -2.16. The van der Waals surface area contributed by atoms with Gasteiger partial charge < -0.3 is 20.5 Å². The summed E-state index contributed by atoms with van der Waals surface area (Å²) in [5.74, 6) is 2.67. The van der Waals surface area contributed by atoms with Crippen molar-refractivity contribution in [1.82, 2.24) is 15.0 Å².